The van der Waals surface area contributed by atoms with E-state index in [1.54, 1.807) is 6.07 Å². The molecule has 2 rings (SSSR count). The van der Waals surface area contributed by atoms with Gasteiger partial charge in [0.05, 0.1) is 0 Å². The zero-order chi connectivity index (χ0) is 13.5. The molecule has 1 aliphatic carbocycles. The lowest BCUT2D eigenvalue weighted by Crippen LogP contribution is -2.35. The molecule has 0 fully saturated rings. The number of halogens is 2. The molecule has 5 nitrogen and oxygen atoms in total. The zero-order valence-corrected chi connectivity index (χ0v) is 10.9. The molecule has 1 aliphatic rings. The van der Waals surface area contributed by atoms with Crippen molar-refractivity contribution < 1.29 is 23.3 Å². The second kappa shape index (κ2) is 4.89. The molecule has 1 unspecified atom stereocenters. The van der Waals surface area contributed by atoms with E-state index in [1.807, 2.05) is 0 Å². The lowest BCUT2D eigenvalue weighted by atomic mass is 9.86. The number of phosphoric acid groups is 1. The van der Waals surface area contributed by atoms with Gasteiger partial charge in [-0.1, -0.05) is 11.6 Å². The second-order valence-corrected chi connectivity index (χ2v) is 5.81. The highest BCUT2D eigenvalue weighted by Gasteiger charge is 2.35. The molecule has 0 radical (unpaired) electrons. The maximum absolute atomic E-state index is 13.9. The highest BCUT2D eigenvalue weighted by atomic mass is 35.5. The molecule has 2 atom stereocenters. The molecule has 100 valence electrons. The third-order valence-corrected chi connectivity index (χ3v) is 3.57. The van der Waals surface area contributed by atoms with Crippen molar-refractivity contribution in [1.29, 1.82) is 0 Å². The Morgan fingerprint density at radius 1 is 1.50 bits per heavy atom. The molecule has 0 amide bonds. The van der Waals surface area contributed by atoms with Crippen molar-refractivity contribution in [1.82, 2.24) is 0 Å². The predicted molar refractivity (Wildman–Crippen MR) is 63.6 cm³/mol. The molecule has 0 bridgehead atoms. The fraction of sp³-hybridized carbons (Fsp3) is 0.400. The van der Waals surface area contributed by atoms with Gasteiger partial charge in [0.25, 0.3) is 0 Å². The first kappa shape index (κ1) is 13.9. The van der Waals surface area contributed by atoms with Gasteiger partial charge in [-0.25, -0.2) is 8.96 Å². The average molecular weight is 296 g/mol. The Morgan fingerprint density at radius 3 is 2.78 bits per heavy atom. The van der Waals surface area contributed by atoms with Crippen molar-refractivity contribution in [3.63, 3.8) is 0 Å². The fourth-order valence-corrected chi connectivity index (χ4v) is 2.92. The molecule has 0 aliphatic heterocycles. The minimum Gasteiger partial charge on any atom is -0.325 e. The first-order valence-electron chi connectivity index (χ1n) is 5.25. The summed E-state index contributed by atoms with van der Waals surface area (Å²) in [4.78, 5) is 17.7. The molecule has 18 heavy (non-hydrogen) atoms. The summed E-state index contributed by atoms with van der Waals surface area (Å²) in [5.74, 6) is -0.661. The first-order valence-corrected chi connectivity index (χ1v) is 7.16. The summed E-state index contributed by atoms with van der Waals surface area (Å²) in [7, 11) is -4.74. The monoisotopic (exact) mass is 295 g/mol. The van der Waals surface area contributed by atoms with Crippen LogP contribution in [0, 0.1) is 5.82 Å². The van der Waals surface area contributed by atoms with Crippen LogP contribution in [0.1, 0.15) is 23.7 Å². The van der Waals surface area contributed by atoms with Crippen LogP contribution >= 0.6 is 19.4 Å². The summed E-state index contributed by atoms with van der Waals surface area (Å²) in [6.45, 7) is 0. The first-order chi connectivity index (χ1) is 8.28. The number of hydrogen-bond donors (Lipinski definition) is 3. The summed E-state index contributed by atoms with van der Waals surface area (Å²) in [5.41, 5.74) is 6.39. The predicted octanol–water partition coefficient (Wildman–Crippen LogP) is 1.90. The molecular formula is C10H12ClFNO4P. The maximum atomic E-state index is 13.9. The minimum atomic E-state index is -4.74. The minimum absolute atomic E-state index is 0.0847. The number of hydrogen-bond acceptors (Lipinski definition) is 3. The Morgan fingerprint density at radius 2 is 2.17 bits per heavy atom. The van der Waals surface area contributed by atoms with Crippen molar-refractivity contribution in [2.24, 2.45) is 5.73 Å². The Hall–Kier alpha value is -0.490. The average Bonchev–Trinajstić information content (AvgIpc) is 2.20. The molecule has 0 saturated heterocycles. The normalized spacial score (nSPS) is 23.8. The quantitative estimate of drug-likeness (QED) is 0.725. The Kier molecular flexibility index (Phi) is 3.78. The van der Waals surface area contributed by atoms with Gasteiger partial charge in [0.15, 0.2) is 0 Å². The second-order valence-electron chi connectivity index (χ2n) is 4.18. The third kappa shape index (κ3) is 2.91. The summed E-state index contributed by atoms with van der Waals surface area (Å²) >= 11 is 5.73. The maximum Gasteiger partial charge on any atom is 0.470 e. The fourth-order valence-electron chi connectivity index (χ4n) is 2.13. The Balaban J connectivity index is 2.47. The number of nitrogens with two attached hydrogens (primary N) is 1. The summed E-state index contributed by atoms with van der Waals surface area (Å²) < 4.78 is 29.4. The van der Waals surface area contributed by atoms with E-state index in [4.69, 9.17) is 27.1 Å². The van der Waals surface area contributed by atoms with Crippen molar-refractivity contribution in [3.05, 3.63) is 34.1 Å². The van der Waals surface area contributed by atoms with E-state index in [1.165, 1.54) is 0 Å². The van der Waals surface area contributed by atoms with Gasteiger partial charge < -0.3 is 15.5 Å². The van der Waals surface area contributed by atoms with E-state index in [0.29, 0.717) is 18.4 Å². The molecule has 0 aromatic heterocycles. The van der Waals surface area contributed by atoms with Crippen LogP contribution in [0.5, 0.6) is 0 Å². The molecule has 1 aromatic carbocycles. The van der Waals surface area contributed by atoms with Crippen LogP contribution in [0.3, 0.4) is 0 Å². The molecule has 8 heteroatoms. The van der Waals surface area contributed by atoms with E-state index in [9.17, 15) is 8.96 Å². The third-order valence-electron chi connectivity index (χ3n) is 2.85. The van der Waals surface area contributed by atoms with Crippen LogP contribution in [0.15, 0.2) is 12.1 Å². The van der Waals surface area contributed by atoms with Gasteiger partial charge in [0, 0.05) is 16.6 Å². The van der Waals surface area contributed by atoms with E-state index in [-0.39, 0.29) is 10.6 Å². The van der Waals surface area contributed by atoms with Crippen LogP contribution in [0.4, 0.5) is 4.39 Å². The van der Waals surface area contributed by atoms with Crippen LogP contribution < -0.4 is 5.73 Å². The summed E-state index contributed by atoms with van der Waals surface area (Å²) in [6, 6.07) is 1.97. The largest absolute Gasteiger partial charge is 0.470 e. The number of benzene rings is 1. The van der Waals surface area contributed by atoms with E-state index < -0.39 is 25.8 Å². The van der Waals surface area contributed by atoms with Gasteiger partial charge in [-0.3, -0.25) is 4.52 Å². The van der Waals surface area contributed by atoms with Crippen molar-refractivity contribution in [3.8, 4) is 0 Å². The number of fused-ring (bicyclic) bond motifs is 1. The van der Waals surface area contributed by atoms with Crippen LogP contribution in [-0.4, -0.2) is 15.8 Å². The summed E-state index contributed by atoms with van der Waals surface area (Å²) in [5, 5.41) is 0.233. The van der Waals surface area contributed by atoms with E-state index in [2.05, 4.69) is 4.52 Å². The van der Waals surface area contributed by atoms with Gasteiger partial charge >= 0.3 is 7.82 Å². The molecule has 0 heterocycles. The van der Waals surface area contributed by atoms with Crippen LogP contribution in [0.2, 0.25) is 5.02 Å². The van der Waals surface area contributed by atoms with Gasteiger partial charge in [0.1, 0.15) is 11.9 Å². The SMILES string of the molecule is N[C@H]1CCc2cc(Cl)cc(F)c2C1OP(=O)(O)O. The van der Waals surface area contributed by atoms with Crippen LogP contribution in [-0.2, 0) is 15.5 Å². The molecular weight excluding hydrogens is 284 g/mol. The molecule has 4 N–H and O–H groups in total. The molecule has 0 spiro atoms. The highest BCUT2D eigenvalue weighted by Crippen LogP contribution is 2.46. The zero-order valence-electron chi connectivity index (χ0n) is 9.22. The molecule has 1 aromatic rings. The van der Waals surface area contributed by atoms with Gasteiger partial charge in [-0.15, -0.1) is 0 Å². The standard InChI is InChI=1S/C10H12ClFNO4P/c11-6-3-5-1-2-8(13)10(17-18(14,15)16)9(5)7(12)4-6/h3-4,8,10H,1-2,13H2,(H2,14,15,16)/t8-,10?/m0/s1. The Bertz CT molecular complexity index is 521. The van der Waals surface area contributed by atoms with Gasteiger partial charge in [-0.2, -0.15) is 0 Å². The lowest BCUT2D eigenvalue weighted by Gasteiger charge is -2.31. The van der Waals surface area contributed by atoms with Crippen molar-refractivity contribution in [2.75, 3.05) is 0 Å². The number of aryl methyl sites for hydroxylation is 1. The smallest absolute Gasteiger partial charge is 0.325 e. The van der Waals surface area contributed by atoms with Gasteiger partial charge in [0.2, 0.25) is 0 Å². The number of phosphoric ester groups is 1. The topological polar surface area (TPSA) is 92.8 Å². The van der Waals surface area contributed by atoms with Crippen molar-refractivity contribution >= 4 is 19.4 Å². The van der Waals surface area contributed by atoms with Crippen LogP contribution in [0.25, 0.3) is 0 Å². The lowest BCUT2D eigenvalue weighted by molar-refractivity contribution is 0.103. The highest BCUT2D eigenvalue weighted by molar-refractivity contribution is 7.46. The van der Waals surface area contributed by atoms with Crippen molar-refractivity contribution in [2.45, 2.75) is 25.0 Å². The number of rotatable bonds is 2. The molecule has 0 saturated carbocycles. The van der Waals surface area contributed by atoms with Gasteiger partial charge in [-0.05, 0) is 30.5 Å². The van der Waals surface area contributed by atoms with E-state index in [0.717, 1.165) is 6.07 Å². The summed E-state index contributed by atoms with van der Waals surface area (Å²) in [6.07, 6.45) is -0.223. The van der Waals surface area contributed by atoms with E-state index >= 15 is 0 Å². The Labute approximate surface area is 108 Å².